The molecule has 0 aliphatic heterocycles. The number of benzene rings is 1. The maximum Gasteiger partial charge on any atom is 0.252 e. The minimum atomic E-state index is -0.135. The number of amides is 1. The molecular weight excluding hydrogens is 250 g/mol. The van der Waals surface area contributed by atoms with E-state index in [9.17, 15) is 4.79 Å². The maximum atomic E-state index is 11.9. The third kappa shape index (κ3) is 3.19. The number of likely N-dealkylation sites (N-methyl/N-ethyl adjacent to an activating group) is 1. The zero-order valence-corrected chi connectivity index (χ0v) is 11.9. The molecule has 0 saturated carbocycles. The average Bonchev–Trinajstić information content (AvgIpc) is 2.84. The predicted octanol–water partition coefficient (Wildman–Crippen LogP) is 1.64. The van der Waals surface area contributed by atoms with Crippen LogP contribution in [0, 0.1) is 12.3 Å². The van der Waals surface area contributed by atoms with Crippen molar-refractivity contribution in [2.24, 2.45) is 0 Å². The quantitative estimate of drug-likeness (QED) is 0.811. The Morgan fingerprint density at radius 2 is 2.25 bits per heavy atom. The summed E-state index contributed by atoms with van der Waals surface area (Å²) >= 11 is 0. The van der Waals surface area contributed by atoms with Crippen LogP contribution in [0.5, 0.6) is 0 Å². The Morgan fingerprint density at radius 1 is 1.45 bits per heavy atom. The van der Waals surface area contributed by atoms with Crippen molar-refractivity contribution < 1.29 is 4.79 Å². The molecule has 0 aliphatic carbocycles. The molecule has 0 saturated heterocycles. The van der Waals surface area contributed by atoms with Crippen LogP contribution in [0.2, 0.25) is 0 Å². The lowest BCUT2D eigenvalue weighted by Crippen LogP contribution is -2.23. The molecule has 1 aromatic heterocycles. The van der Waals surface area contributed by atoms with Crippen molar-refractivity contribution in [2.45, 2.75) is 6.42 Å². The molecule has 2 rings (SSSR count). The minimum Gasteiger partial charge on any atom is -0.361 e. The third-order valence-corrected chi connectivity index (χ3v) is 3.21. The first kappa shape index (κ1) is 14.2. The second-order valence-corrected chi connectivity index (χ2v) is 5.01. The molecule has 4 nitrogen and oxygen atoms in total. The lowest BCUT2D eigenvalue weighted by atomic mass is 10.1. The molecule has 0 unspecified atom stereocenters. The molecule has 1 aromatic carbocycles. The Labute approximate surface area is 119 Å². The van der Waals surface area contributed by atoms with Gasteiger partial charge in [-0.15, -0.1) is 6.42 Å². The number of carbonyl (C=O) groups excluding carboxylic acids is 1. The van der Waals surface area contributed by atoms with E-state index in [-0.39, 0.29) is 12.5 Å². The van der Waals surface area contributed by atoms with Gasteiger partial charge in [-0.25, -0.2) is 0 Å². The highest BCUT2D eigenvalue weighted by atomic mass is 16.1. The number of aromatic amines is 1. The lowest BCUT2D eigenvalue weighted by Gasteiger charge is -2.08. The van der Waals surface area contributed by atoms with Crippen molar-refractivity contribution >= 4 is 16.8 Å². The van der Waals surface area contributed by atoms with Crippen LogP contribution < -0.4 is 5.32 Å². The average molecular weight is 269 g/mol. The van der Waals surface area contributed by atoms with E-state index in [1.165, 1.54) is 5.56 Å². The molecular formula is C16H19N3O. The number of nitrogens with zero attached hydrogens (tertiary/aromatic N) is 1. The van der Waals surface area contributed by atoms with Crippen LogP contribution in [0.4, 0.5) is 0 Å². The summed E-state index contributed by atoms with van der Waals surface area (Å²) in [5.41, 5.74) is 2.91. The SMILES string of the molecule is C#CCNC(=O)c1ccc2[nH]cc(CCN(C)C)c2c1. The fraction of sp³-hybridized carbons (Fsp3) is 0.312. The van der Waals surface area contributed by atoms with Crippen molar-refractivity contribution in [2.75, 3.05) is 27.2 Å². The zero-order valence-electron chi connectivity index (χ0n) is 11.9. The molecule has 104 valence electrons. The van der Waals surface area contributed by atoms with E-state index in [1.54, 1.807) is 6.07 Å². The van der Waals surface area contributed by atoms with Crippen LogP contribution >= 0.6 is 0 Å². The highest BCUT2D eigenvalue weighted by Gasteiger charge is 2.09. The zero-order chi connectivity index (χ0) is 14.5. The summed E-state index contributed by atoms with van der Waals surface area (Å²) in [7, 11) is 4.10. The van der Waals surface area contributed by atoms with Gasteiger partial charge in [-0.1, -0.05) is 5.92 Å². The summed E-state index contributed by atoms with van der Waals surface area (Å²) in [6, 6.07) is 5.66. The van der Waals surface area contributed by atoms with Gasteiger partial charge < -0.3 is 15.2 Å². The summed E-state index contributed by atoms with van der Waals surface area (Å²) in [6.07, 6.45) is 8.10. The molecule has 0 fully saturated rings. The second kappa shape index (κ2) is 6.27. The largest absolute Gasteiger partial charge is 0.361 e. The summed E-state index contributed by atoms with van der Waals surface area (Å²) in [5, 5.41) is 3.78. The molecule has 4 heteroatoms. The van der Waals surface area contributed by atoms with Gasteiger partial charge in [0.2, 0.25) is 0 Å². The Kier molecular flexibility index (Phi) is 4.44. The fourth-order valence-electron chi connectivity index (χ4n) is 2.10. The number of aromatic nitrogens is 1. The van der Waals surface area contributed by atoms with E-state index < -0.39 is 0 Å². The summed E-state index contributed by atoms with van der Waals surface area (Å²) in [4.78, 5) is 17.3. The van der Waals surface area contributed by atoms with E-state index in [1.807, 2.05) is 32.4 Å². The van der Waals surface area contributed by atoms with E-state index in [0.717, 1.165) is 23.9 Å². The topological polar surface area (TPSA) is 48.1 Å². The van der Waals surface area contributed by atoms with Crippen molar-refractivity contribution in [3.05, 3.63) is 35.5 Å². The van der Waals surface area contributed by atoms with Crippen molar-refractivity contribution in [1.82, 2.24) is 15.2 Å². The van der Waals surface area contributed by atoms with E-state index in [0.29, 0.717) is 5.56 Å². The van der Waals surface area contributed by atoms with E-state index >= 15 is 0 Å². The number of fused-ring (bicyclic) bond motifs is 1. The smallest absolute Gasteiger partial charge is 0.252 e. The predicted molar refractivity (Wildman–Crippen MR) is 81.7 cm³/mol. The molecule has 20 heavy (non-hydrogen) atoms. The number of nitrogens with one attached hydrogen (secondary N) is 2. The van der Waals surface area contributed by atoms with Crippen LogP contribution in [0.3, 0.4) is 0 Å². The first-order valence-electron chi connectivity index (χ1n) is 6.58. The van der Waals surface area contributed by atoms with Gasteiger partial charge in [0.25, 0.3) is 5.91 Å². The van der Waals surface area contributed by atoms with Gasteiger partial charge in [0.05, 0.1) is 6.54 Å². The van der Waals surface area contributed by atoms with Crippen LogP contribution in [0.25, 0.3) is 10.9 Å². The number of hydrogen-bond donors (Lipinski definition) is 2. The van der Waals surface area contributed by atoms with Gasteiger partial charge in [0.15, 0.2) is 0 Å². The normalized spacial score (nSPS) is 10.7. The number of H-pyrrole nitrogens is 1. The minimum absolute atomic E-state index is 0.135. The van der Waals surface area contributed by atoms with Gasteiger partial charge >= 0.3 is 0 Å². The first-order chi connectivity index (χ1) is 9.61. The Bertz CT molecular complexity index is 649. The van der Waals surface area contributed by atoms with E-state index in [2.05, 4.69) is 21.1 Å². The molecule has 0 atom stereocenters. The number of terminal acetylenes is 1. The highest BCUT2D eigenvalue weighted by Crippen LogP contribution is 2.20. The van der Waals surface area contributed by atoms with Crippen LogP contribution in [-0.4, -0.2) is 43.0 Å². The molecule has 1 heterocycles. The third-order valence-electron chi connectivity index (χ3n) is 3.21. The van der Waals surface area contributed by atoms with Gasteiger partial charge in [-0.2, -0.15) is 0 Å². The van der Waals surface area contributed by atoms with Gasteiger partial charge in [-0.3, -0.25) is 4.79 Å². The Balaban J connectivity index is 2.25. The molecule has 0 radical (unpaired) electrons. The lowest BCUT2D eigenvalue weighted by molar-refractivity contribution is 0.0959. The monoisotopic (exact) mass is 269 g/mol. The maximum absolute atomic E-state index is 11.9. The highest BCUT2D eigenvalue weighted by molar-refractivity contribution is 5.98. The molecule has 2 aromatic rings. The number of hydrogen-bond acceptors (Lipinski definition) is 2. The summed E-state index contributed by atoms with van der Waals surface area (Å²) in [6.45, 7) is 1.22. The molecule has 0 aliphatic rings. The van der Waals surface area contributed by atoms with Gasteiger partial charge in [0.1, 0.15) is 0 Å². The Morgan fingerprint density at radius 3 is 2.95 bits per heavy atom. The number of rotatable bonds is 5. The molecule has 1 amide bonds. The molecule has 2 N–H and O–H groups in total. The van der Waals surface area contributed by atoms with Crippen LogP contribution in [-0.2, 0) is 6.42 Å². The van der Waals surface area contributed by atoms with E-state index in [4.69, 9.17) is 6.42 Å². The first-order valence-corrected chi connectivity index (χ1v) is 6.58. The van der Waals surface area contributed by atoms with Gasteiger partial charge in [0, 0.05) is 29.2 Å². The standard InChI is InChI=1S/C16H19N3O/c1-4-8-17-16(20)12-5-6-15-14(10-12)13(11-18-15)7-9-19(2)3/h1,5-6,10-11,18H,7-9H2,2-3H3,(H,17,20). The number of carbonyl (C=O) groups is 1. The van der Waals surface area contributed by atoms with Crippen LogP contribution in [0.15, 0.2) is 24.4 Å². The fourth-order valence-corrected chi connectivity index (χ4v) is 2.10. The summed E-state index contributed by atoms with van der Waals surface area (Å²) in [5.74, 6) is 2.27. The molecule has 0 bridgehead atoms. The van der Waals surface area contributed by atoms with Crippen molar-refractivity contribution in [3.63, 3.8) is 0 Å². The Hall–Kier alpha value is -2.25. The second-order valence-electron chi connectivity index (χ2n) is 5.01. The summed E-state index contributed by atoms with van der Waals surface area (Å²) < 4.78 is 0. The van der Waals surface area contributed by atoms with Crippen molar-refractivity contribution in [3.8, 4) is 12.3 Å². The van der Waals surface area contributed by atoms with Crippen molar-refractivity contribution in [1.29, 1.82) is 0 Å². The molecule has 0 spiro atoms. The van der Waals surface area contributed by atoms with Crippen LogP contribution in [0.1, 0.15) is 15.9 Å². The van der Waals surface area contributed by atoms with Gasteiger partial charge in [-0.05, 0) is 44.3 Å².